The molecule has 0 saturated carbocycles. The number of fused-ring (bicyclic) bond motifs is 1. The van der Waals surface area contributed by atoms with E-state index in [1.807, 2.05) is 18.6 Å². The highest BCUT2D eigenvalue weighted by Crippen LogP contribution is 2.31. The summed E-state index contributed by atoms with van der Waals surface area (Å²) in [6.07, 6.45) is 12.1. The maximum atomic E-state index is 4.71. The molecule has 0 atom stereocenters. The van der Waals surface area contributed by atoms with Crippen LogP contribution in [0, 0.1) is 5.92 Å². The molecule has 0 bridgehead atoms. The van der Waals surface area contributed by atoms with Crippen LogP contribution in [0.3, 0.4) is 0 Å². The highest BCUT2D eigenvalue weighted by Gasteiger charge is 2.17. The van der Waals surface area contributed by atoms with Crippen molar-refractivity contribution in [1.82, 2.24) is 20.2 Å². The third-order valence-electron chi connectivity index (χ3n) is 7.78. The number of hydrogen-bond acceptors (Lipinski definition) is 6. The molecule has 7 nitrogen and oxygen atoms in total. The summed E-state index contributed by atoms with van der Waals surface area (Å²) in [6, 6.07) is 12.8. The molecule has 0 unspecified atom stereocenters. The molecule has 7 heteroatoms. The lowest BCUT2D eigenvalue weighted by atomic mass is 9.99. The fraction of sp³-hybridized carbons (Fsp3) is 0.367. The zero-order valence-electron chi connectivity index (χ0n) is 21.6. The number of hydrogen-bond donors (Lipinski definition) is 2. The molecule has 2 N–H and O–H groups in total. The van der Waals surface area contributed by atoms with Gasteiger partial charge in [0.05, 0.1) is 35.0 Å². The molecule has 0 radical (unpaired) electrons. The molecule has 5 heterocycles. The second-order valence-electron chi connectivity index (χ2n) is 10.5. The molecule has 1 aromatic carbocycles. The summed E-state index contributed by atoms with van der Waals surface area (Å²) in [5.41, 5.74) is 6.88. The lowest BCUT2D eigenvalue weighted by molar-refractivity contribution is 0.436. The Labute approximate surface area is 218 Å². The molecular formula is C30H35N7. The largest absolute Gasteiger partial charge is 0.370 e. The van der Waals surface area contributed by atoms with E-state index in [0.717, 1.165) is 77.0 Å². The number of nitrogens with one attached hydrogen (secondary N) is 2. The van der Waals surface area contributed by atoms with Crippen molar-refractivity contribution in [3.63, 3.8) is 0 Å². The molecule has 2 aliphatic rings. The molecular weight excluding hydrogens is 458 g/mol. The van der Waals surface area contributed by atoms with Crippen molar-refractivity contribution in [1.29, 1.82) is 0 Å². The highest BCUT2D eigenvalue weighted by atomic mass is 15.2. The Morgan fingerprint density at radius 2 is 1.76 bits per heavy atom. The summed E-state index contributed by atoms with van der Waals surface area (Å²) in [4.78, 5) is 14.1. The van der Waals surface area contributed by atoms with E-state index in [-0.39, 0.29) is 0 Å². The second-order valence-corrected chi connectivity index (χ2v) is 10.5. The Morgan fingerprint density at radius 3 is 2.54 bits per heavy atom. The Morgan fingerprint density at radius 1 is 0.919 bits per heavy atom. The first-order chi connectivity index (χ1) is 18.1. The minimum atomic E-state index is 0.741. The van der Waals surface area contributed by atoms with Crippen molar-refractivity contribution in [2.75, 3.05) is 41.3 Å². The van der Waals surface area contributed by atoms with Crippen molar-refractivity contribution in [3.8, 4) is 11.1 Å². The number of rotatable bonds is 6. The van der Waals surface area contributed by atoms with Crippen molar-refractivity contribution < 1.29 is 0 Å². The Hall–Kier alpha value is -3.87. The number of piperidine rings is 2. The van der Waals surface area contributed by atoms with Crippen molar-refractivity contribution in [2.45, 2.75) is 39.0 Å². The van der Waals surface area contributed by atoms with Gasteiger partial charge in [-0.1, -0.05) is 19.6 Å². The van der Waals surface area contributed by atoms with Crippen LogP contribution in [0.2, 0.25) is 0 Å². The minimum absolute atomic E-state index is 0.741. The first kappa shape index (κ1) is 23.5. The Bertz CT molecular complexity index is 1380. The van der Waals surface area contributed by atoms with Crippen LogP contribution < -0.4 is 15.1 Å². The molecule has 3 aromatic heterocycles. The Kier molecular flexibility index (Phi) is 6.51. The van der Waals surface area contributed by atoms with Crippen molar-refractivity contribution in [2.24, 2.45) is 5.92 Å². The molecule has 2 fully saturated rings. The van der Waals surface area contributed by atoms with Gasteiger partial charge in [0.25, 0.3) is 0 Å². The van der Waals surface area contributed by atoms with Gasteiger partial charge in [-0.3, -0.25) is 10.1 Å². The van der Waals surface area contributed by atoms with Crippen LogP contribution in [0.15, 0.2) is 61.6 Å². The van der Waals surface area contributed by atoms with Gasteiger partial charge in [-0.2, -0.15) is 5.10 Å². The van der Waals surface area contributed by atoms with Crippen LogP contribution in [0.5, 0.6) is 0 Å². The fourth-order valence-corrected chi connectivity index (χ4v) is 5.45. The summed E-state index contributed by atoms with van der Waals surface area (Å²) in [7, 11) is 0. The monoisotopic (exact) mass is 493 g/mol. The van der Waals surface area contributed by atoms with E-state index in [0.29, 0.717) is 0 Å². The summed E-state index contributed by atoms with van der Waals surface area (Å²) in [6.45, 7) is 11.0. The lowest BCUT2D eigenvalue weighted by Crippen LogP contribution is -2.33. The van der Waals surface area contributed by atoms with Gasteiger partial charge in [0.15, 0.2) is 0 Å². The van der Waals surface area contributed by atoms with Crippen LogP contribution in [0.25, 0.3) is 27.7 Å². The van der Waals surface area contributed by atoms with E-state index in [1.54, 1.807) is 0 Å². The molecule has 0 spiro atoms. The number of nitrogens with zero attached hydrogens (tertiary/aromatic N) is 5. The van der Waals surface area contributed by atoms with Crippen LogP contribution in [0.1, 0.15) is 44.7 Å². The molecule has 0 aliphatic carbocycles. The zero-order chi connectivity index (χ0) is 25.2. The summed E-state index contributed by atoms with van der Waals surface area (Å²) in [5, 5.41) is 12.2. The summed E-state index contributed by atoms with van der Waals surface area (Å²) in [5.74, 6) is 1.85. The average molecular weight is 494 g/mol. The van der Waals surface area contributed by atoms with E-state index in [1.165, 1.54) is 37.8 Å². The van der Waals surface area contributed by atoms with Gasteiger partial charge in [-0.05, 0) is 73.9 Å². The zero-order valence-corrected chi connectivity index (χ0v) is 21.6. The number of anilines is 3. The third-order valence-corrected chi connectivity index (χ3v) is 7.78. The molecule has 4 aromatic rings. The topological polar surface area (TPSA) is 73.0 Å². The summed E-state index contributed by atoms with van der Waals surface area (Å²) < 4.78 is 0. The van der Waals surface area contributed by atoms with E-state index < -0.39 is 0 Å². The average Bonchev–Trinajstić information content (AvgIpc) is 3.38. The molecule has 0 amide bonds. The van der Waals surface area contributed by atoms with Crippen molar-refractivity contribution >= 4 is 33.8 Å². The fourth-order valence-electron chi connectivity index (χ4n) is 5.45. The van der Waals surface area contributed by atoms with Crippen LogP contribution >= 0.6 is 0 Å². The van der Waals surface area contributed by atoms with Gasteiger partial charge >= 0.3 is 0 Å². The Balaban J connectivity index is 1.20. The van der Waals surface area contributed by atoms with E-state index in [2.05, 4.69) is 80.2 Å². The third kappa shape index (κ3) is 5.03. The van der Waals surface area contributed by atoms with Crippen LogP contribution in [0.4, 0.5) is 17.2 Å². The highest BCUT2D eigenvalue weighted by molar-refractivity contribution is 5.95. The number of aromatic nitrogens is 4. The van der Waals surface area contributed by atoms with E-state index >= 15 is 0 Å². The standard InChI is InChI=1S/C30H35N7/c1-21-10-14-37(15-11-21)29-9-7-25(19-32-29)33-22(2)30-27-17-23(6-8-28(27)34-35-30)24-16-26(20-31-18-24)36-12-4-3-5-13-36/h6-9,16-21,33H,2-5,10-15H2,1H3,(H,34,35). The van der Waals surface area contributed by atoms with Crippen LogP contribution in [-0.4, -0.2) is 46.3 Å². The first-order valence-corrected chi connectivity index (χ1v) is 13.5. The molecule has 2 saturated heterocycles. The predicted octanol–water partition coefficient (Wildman–Crippen LogP) is 6.33. The maximum absolute atomic E-state index is 4.71. The number of pyridine rings is 2. The molecule has 37 heavy (non-hydrogen) atoms. The second kappa shape index (κ2) is 10.2. The van der Waals surface area contributed by atoms with Gasteiger partial charge in [0, 0.05) is 43.3 Å². The smallest absolute Gasteiger partial charge is 0.128 e. The predicted molar refractivity (Wildman–Crippen MR) is 153 cm³/mol. The van der Waals surface area contributed by atoms with E-state index in [9.17, 15) is 0 Å². The molecule has 6 rings (SSSR count). The number of aromatic amines is 1. The maximum Gasteiger partial charge on any atom is 0.128 e. The lowest BCUT2D eigenvalue weighted by Gasteiger charge is -2.31. The molecule has 2 aliphatic heterocycles. The minimum Gasteiger partial charge on any atom is -0.370 e. The SMILES string of the molecule is C=C(Nc1ccc(N2CCC(C)CC2)nc1)c1n[nH]c2ccc(-c3cncc(N4CCCCC4)c3)cc12. The van der Waals surface area contributed by atoms with Gasteiger partial charge < -0.3 is 15.1 Å². The van der Waals surface area contributed by atoms with Gasteiger partial charge in [-0.25, -0.2) is 4.98 Å². The number of H-pyrrole nitrogens is 1. The number of benzene rings is 1. The van der Waals surface area contributed by atoms with Gasteiger partial charge in [0.1, 0.15) is 11.5 Å². The first-order valence-electron chi connectivity index (χ1n) is 13.5. The summed E-state index contributed by atoms with van der Waals surface area (Å²) >= 11 is 0. The van der Waals surface area contributed by atoms with Crippen molar-refractivity contribution in [3.05, 3.63) is 67.3 Å². The van der Waals surface area contributed by atoms with Gasteiger partial charge in [-0.15, -0.1) is 0 Å². The van der Waals surface area contributed by atoms with Gasteiger partial charge in [0.2, 0.25) is 0 Å². The molecule has 190 valence electrons. The van der Waals surface area contributed by atoms with Crippen LogP contribution in [-0.2, 0) is 0 Å². The quantitative estimate of drug-likeness (QED) is 0.327. The normalized spacial score (nSPS) is 16.8. The van der Waals surface area contributed by atoms with E-state index in [4.69, 9.17) is 4.98 Å².